The van der Waals surface area contributed by atoms with Gasteiger partial charge in [-0.15, -0.1) is 0 Å². The predicted molar refractivity (Wildman–Crippen MR) is 82.5 cm³/mol. The van der Waals surface area contributed by atoms with Crippen LogP contribution in [0, 0.1) is 0 Å². The van der Waals surface area contributed by atoms with Crippen molar-refractivity contribution in [1.29, 1.82) is 0 Å². The average molecular weight is 313 g/mol. The lowest BCUT2D eigenvalue weighted by Crippen LogP contribution is -2.36. The number of amides is 1. The summed E-state index contributed by atoms with van der Waals surface area (Å²) in [6.45, 7) is 4.78. The molecule has 0 saturated carbocycles. The molecular weight excluding hydrogens is 292 g/mol. The minimum atomic E-state index is -0.0829. The van der Waals surface area contributed by atoms with Crippen LogP contribution in [-0.4, -0.2) is 71.7 Å². The van der Waals surface area contributed by atoms with Gasteiger partial charge in [0.15, 0.2) is 5.15 Å². The maximum atomic E-state index is 12.1. The van der Waals surface area contributed by atoms with Gasteiger partial charge in [-0.25, -0.2) is 4.98 Å². The SMILES string of the molecule is O=C(CN1CCCN(CCO)CC1)Nc1cccnc1Cl. The Kier molecular flexibility index (Phi) is 6.38. The van der Waals surface area contributed by atoms with Gasteiger partial charge in [0.25, 0.3) is 0 Å². The molecule has 1 aromatic heterocycles. The van der Waals surface area contributed by atoms with Crippen LogP contribution < -0.4 is 5.32 Å². The van der Waals surface area contributed by atoms with E-state index in [2.05, 4.69) is 20.1 Å². The number of pyridine rings is 1. The summed E-state index contributed by atoms with van der Waals surface area (Å²) in [5, 5.41) is 12.1. The van der Waals surface area contributed by atoms with E-state index in [9.17, 15) is 4.79 Å². The van der Waals surface area contributed by atoms with E-state index in [4.69, 9.17) is 16.7 Å². The molecule has 2 heterocycles. The van der Waals surface area contributed by atoms with Crippen LogP contribution in [0.15, 0.2) is 18.3 Å². The maximum absolute atomic E-state index is 12.1. The summed E-state index contributed by atoms with van der Waals surface area (Å²) >= 11 is 5.92. The monoisotopic (exact) mass is 312 g/mol. The average Bonchev–Trinajstić information content (AvgIpc) is 2.67. The van der Waals surface area contributed by atoms with Gasteiger partial charge in [-0.2, -0.15) is 0 Å². The fourth-order valence-corrected chi connectivity index (χ4v) is 2.59. The second-order valence-corrected chi connectivity index (χ2v) is 5.44. The zero-order valence-corrected chi connectivity index (χ0v) is 12.7. The highest BCUT2D eigenvalue weighted by Gasteiger charge is 2.17. The summed E-state index contributed by atoms with van der Waals surface area (Å²) in [4.78, 5) is 20.3. The largest absolute Gasteiger partial charge is 0.395 e. The van der Waals surface area contributed by atoms with Gasteiger partial charge in [-0.05, 0) is 31.6 Å². The van der Waals surface area contributed by atoms with Crippen molar-refractivity contribution in [2.45, 2.75) is 6.42 Å². The molecule has 0 aromatic carbocycles. The van der Waals surface area contributed by atoms with Gasteiger partial charge in [0.2, 0.25) is 5.91 Å². The molecule has 1 saturated heterocycles. The molecule has 6 nitrogen and oxygen atoms in total. The fraction of sp³-hybridized carbons (Fsp3) is 0.571. The number of aromatic nitrogens is 1. The smallest absolute Gasteiger partial charge is 0.238 e. The van der Waals surface area contributed by atoms with Crippen molar-refractivity contribution < 1.29 is 9.90 Å². The Balaban J connectivity index is 1.81. The van der Waals surface area contributed by atoms with E-state index in [0.29, 0.717) is 23.9 Å². The molecule has 0 unspecified atom stereocenters. The lowest BCUT2D eigenvalue weighted by Gasteiger charge is -2.20. The number of nitrogens with one attached hydrogen (secondary N) is 1. The van der Waals surface area contributed by atoms with E-state index in [-0.39, 0.29) is 12.5 Å². The van der Waals surface area contributed by atoms with E-state index < -0.39 is 0 Å². The standard InChI is InChI=1S/C14H21ClN4O2/c15-14-12(3-1-4-16-14)17-13(21)11-19-6-2-5-18(7-8-19)9-10-20/h1,3-4,20H,2,5-11H2,(H,17,21). The summed E-state index contributed by atoms with van der Waals surface area (Å²) in [5.74, 6) is -0.0829. The molecule has 1 aromatic rings. The molecule has 0 aliphatic carbocycles. The Morgan fingerprint density at radius 2 is 2.10 bits per heavy atom. The van der Waals surface area contributed by atoms with Crippen LogP contribution in [-0.2, 0) is 4.79 Å². The van der Waals surface area contributed by atoms with Crippen molar-refractivity contribution >= 4 is 23.2 Å². The number of aliphatic hydroxyl groups is 1. The van der Waals surface area contributed by atoms with Crippen LogP contribution in [0.3, 0.4) is 0 Å². The summed E-state index contributed by atoms with van der Waals surface area (Å²) in [7, 11) is 0. The van der Waals surface area contributed by atoms with E-state index in [1.807, 2.05) is 0 Å². The first-order valence-corrected chi connectivity index (χ1v) is 7.53. The normalized spacial score (nSPS) is 17.4. The number of hydrogen-bond donors (Lipinski definition) is 2. The Labute approximate surface area is 129 Å². The Morgan fingerprint density at radius 1 is 1.33 bits per heavy atom. The zero-order valence-electron chi connectivity index (χ0n) is 12.0. The van der Waals surface area contributed by atoms with E-state index in [1.54, 1.807) is 18.3 Å². The highest BCUT2D eigenvalue weighted by atomic mass is 35.5. The molecule has 2 N–H and O–H groups in total. The first-order chi connectivity index (χ1) is 10.2. The van der Waals surface area contributed by atoms with Gasteiger partial charge >= 0.3 is 0 Å². The number of anilines is 1. The molecule has 0 bridgehead atoms. The molecule has 116 valence electrons. The number of halogens is 1. The third kappa shape index (κ3) is 5.24. The molecule has 0 radical (unpaired) electrons. The molecule has 1 fully saturated rings. The van der Waals surface area contributed by atoms with Gasteiger partial charge in [0.05, 0.1) is 18.8 Å². The summed E-state index contributed by atoms with van der Waals surface area (Å²) < 4.78 is 0. The molecule has 7 heteroatoms. The molecule has 0 atom stereocenters. The lowest BCUT2D eigenvalue weighted by atomic mass is 10.3. The van der Waals surface area contributed by atoms with Crippen molar-refractivity contribution in [1.82, 2.24) is 14.8 Å². The predicted octanol–water partition coefficient (Wildman–Crippen LogP) is 0.674. The number of aliphatic hydroxyl groups excluding tert-OH is 1. The number of β-amino-alcohol motifs (C(OH)–C–C–N with tert-alkyl or cyclic N) is 1. The number of carbonyl (C=O) groups excluding carboxylic acids is 1. The van der Waals surface area contributed by atoms with Crippen molar-refractivity contribution in [3.05, 3.63) is 23.5 Å². The van der Waals surface area contributed by atoms with Gasteiger partial charge in [0, 0.05) is 25.8 Å². The fourth-order valence-electron chi connectivity index (χ4n) is 2.42. The number of nitrogens with zero attached hydrogens (tertiary/aromatic N) is 3. The minimum absolute atomic E-state index is 0.0829. The molecular formula is C14H21ClN4O2. The number of rotatable bonds is 5. The Bertz CT molecular complexity index is 472. The van der Waals surface area contributed by atoms with E-state index >= 15 is 0 Å². The third-order valence-electron chi connectivity index (χ3n) is 3.50. The summed E-state index contributed by atoms with van der Waals surface area (Å²) in [5.41, 5.74) is 0.542. The first-order valence-electron chi connectivity index (χ1n) is 7.15. The topological polar surface area (TPSA) is 68.7 Å². The summed E-state index contributed by atoms with van der Waals surface area (Å²) in [6, 6.07) is 3.47. The number of carbonyl (C=O) groups is 1. The third-order valence-corrected chi connectivity index (χ3v) is 3.80. The first kappa shape index (κ1) is 16.2. The van der Waals surface area contributed by atoms with E-state index in [1.165, 1.54) is 0 Å². The quantitative estimate of drug-likeness (QED) is 0.782. The summed E-state index contributed by atoms with van der Waals surface area (Å²) in [6.07, 6.45) is 2.59. The highest BCUT2D eigenvalue weighted by molar-refractivity contribution is 6.32. The molecule has 1 aliphatic heterocycles. The van der Waals surface area contributed by atoms with Crippen molar-refractivity contribution in [3.8, 4) is 0 Å². The van der Waals surface area contributed by atoms with Crippen molar-refractivity contribution in [2.75, 3.05) is 51.2 Å². The van der Waals surface area contributed by atoms with Crippen LogP contribution in [0.2, 0.25) is 5.15 Å². The Morgan fingerprint density at radius 3 is 2.86 bits per heavy atom. The second-order valence-electron chi connectivity index (χ2n) is 5.08. The minimum Gasteiger partial charge on any atom is -0.395 e. The zero-order chi connectivity index (χ0) is 15.1. The van der Waals surface area contributed by atoms with Gasteiger partial charge < -0.3 is 10.4 Å². The van der Waals surface area contributed by atoms with Gasteiger partial charge in [0.1, 0.15) is 0 Å². The molecule has 1 amide bonds. The lowest BCUT2D eigenvalue weighted by molar-refractivity contribution is -0.117. The highest BCUT2D eigenvalue weighted by Crippen LogP contribution is 2.17. The molecule has 2 rings (SSSR count). The van der Waals surface area contributed by atoms with Gasteiger partial charge in [-0.1, -0.05) is 11.6 Å². The van der Waals surface area contributed by atoms with Crippen LogP contribution in [0.4, 0.5) is 5.69 Å². The van der Waals surface area contributed by atoms with E-state index in [0.717, 1.165) is 32.6 Å². The van der Waals surface area contributed by atoms with Crippen LogP contribution in [0.1, 0.15) is 6.42 Å². The molecule has 1 aliphatic rings. The second kappa shape index (κ2) is 8.29. The van der Waals surface area contributed by atoms with Crippen LogP contribution in [0.5, 0.6) is 0 Å². The molecule has 0 spiro atoms. The Hall–Kier alpha value is -1.21. The van der Waals surface area contributed by atoms with Crippen LogP contribution >= 0.6 is 11.6 Å². The van der Waals surface area contributed by atoms with Crippen molar-refractivity contribution in [2.24, 2.45) is 0 Å². The van der Waals surface area contributed by atoms with Crippen molar-refractivity contribution in [3.63, 3.8) is 0 Å². The number of hydrogen-bond acceptors (Lipinski definition) is 5. The van der Waals surface area contributed by atoms with Crippen LogP contribution in [0.25, 0.3) is 0 Å². The maximum Gasteiger partial charge on any atom is 0.238 e. The molecule has 21 heavy (non-hydrogen) atoms. The van der Waals surface area contributed by atoms with Gasteiger partial charge in [-0.3, -0.25) is 14.6 Å².